The summed E-state index contributed by atoms with van der Waals surface area (Å²) in [5.41, 5.74) is 5.25. The fourth-order valence-electron chi connectivity index (χ4n) is 2.10. The molecule has 2 amide bonds. The van der Waals surface area contributed by atoms with Gasteiger partial charge in [-0.05, 0) is 25.7 Å². The summed E-state index contributed by atoms with van der Waals surface area (Å²) in [6.45, 7) is 0.953. The molecule has 0 bridgehead atoms. The van der Waals surface area contributed by atoms with Gasteiger partial charge in [0, 0.05) is 19.1 Å². The first-order chi connectivity index (χ1) is 8.63. The largest absolute Gasteiger partial charge is 0.382 e. The Kier molecular flexibility index (Phi) is 6.67. The molecular weight excluding hydrogens is 236 g/mol. The Bertz CT molecular complexity index is 275. The van der Waals surface area contributed by atoms with E-state index in [1.165, 1.54) is 0 Å². The van der Waals surface area contributed by atoms with Crippen molar-refractivity contribution < 1.29 is 19.1 Å². The van der Waals surface area contributed by atoms with Crippen molar-refractivity contribution in [2.24, 2.45) is 11.7 Å². The zero-order valence-electron chi connectivity index (χ0n) is 10.8. The lowest BCUT2D eigenvalue weighted by Crippen LogP contribution is -2.41. The van der Waals surface area contributed by atoms with Crippen LogP contribution in [0.15, 0.2) is 0 Å². The molecule has 1 rings (SSSR count). The lowest BCUT2D eigenvalue weighted by Gasteiger charge is -2.27. The summed E-state index contributed by atoms with van der Waals surface area (Å²) < 4.78 is 9.93. The van der Waals surface area contributed by atoms with Crippen molar-refractivity contribution in [3.8, 4) is 0 Å². The zero-order valence-corrected chi connectivity index (χ0v) is 10.8. The van der Waals surface area contributed by atoms with Gasteiger partial charge in [0.2, 0.25) is 11.8 Å². The second kappa shape index (κ2) is 8.05. The van der Waals surface area contributed by atoms with Crippen molar-refractivity contribution in [3.63, 3.8) is 0 Å². The SMILES string of the molecule is COCCOCC(=O)NC1CCC(C(N)=O)CC1. The van der Waals surface area contributed by atoms with Crippen molar-refractivity contribution in [2.45, 2.75) is 31.7 Å². The van der Waals surface area contributed by atoms with Crippen LogP contribution in [0, 0.1) is 5.92 Å². The maximum atomic E-state index is 11.5. The van der Waals surface area contributed by atoms with Crippen LogP contribution in [0.5, 0.6) is 0 Å². The number of hydrogen-bond donors (Lipinski definition) is 2. The summed E-state index contributed by atoms with van der Waals surface area (Å²) >= 11 is 0. The smallest absolute Gasteiger partial charge is 0.246 e. The summed E-state index contributed by atoms with van der Waals surface area (Å²) in [7, 11) is 1.58. The number of amides is 2. The van der Waals surface area contributed by atoms with Crippen LogP contribution in [-0.4, -0.2) is 44.8 Å². The van der Waals surface area contributed by atoms with Gasteiger partial charge in [-0.15, -0.1) is 0 Å². The fourth-order valence-corrected chi connectivity index (χ4v) is 2.10. The van der Waals surface area contributed by atoms with E-state index in [4.69, 9.17) is 15.2 Å². The van der Waals surface area contributed by atoms with E-state index in [9.17, 15) is 9.59 Å². The molecule has 3 N–H and O–H groups in total. The van der Waals surface area contributed by atoms with Gasteiger partial charge in [-0.3, -0.25) is 9.59 Å². The molecule has 1 saturated carbocycles. The number of nitrogens with one attached hydrogen (secondary N) is 1. The molecule has 0 aromatic carbocycles. The van der Waals surface area contributed by atoms with Crippen molar-refractivity contribution in [2.75, 3.05) is 26.9 Å². The van der Waals surface area contributed by atoms with Gasteiger partial charge in [-0.25, -0.2) is 0 Å². The van der Waals surface area contributed by atoms with E-state index < -0.39 is 0 Å². The van der Waals surface area contributed by atoms with Gasteiger partial charge in [0.05, 0.1) is 13.2 Å². The zero-order chi connectivity index (χ0) is 13.4. The van der Waals surface area contributed by atoms with E-state index in [-0.39, 0.29) is 30.4 Å². The predicted octanol–water partition coefficient (Wildman–Crippen LogP) is -0.190. The first-order valence-electron chi connectivity index (χ1n) is 6.29. The van der Waals surface area contributed by atoms with E-state index in [1.54, 1.807) is 7.11 Å². The molecule has 0 aromatic heterocycles. The number of primary amides is 1. The van der Waals surface area contributed by atoms with E-state index in [1.807, 2.05) is 0 Å². The summed E-state index contributed by atoms with van der Waals surface area (Å²) in [6, 6.07) is 0.138. The van der Waals surface area contributed by atoms with Gasteiger partial charge in [0.15, 0.2) is 0 Å². The fraction of sp³-hybridized carbons (Fsp3) is 0.833. The Hall–Kier alpha value is -1.14. The molecule has 0 unspecified atom stereocenters. The van der Waals surface area contributed by atoms with Gasteiger partial charge >= 0.3 is 0 Å². The third-order valence-corrected chi connectivity index (χ3v) is 3.16. The molecule has 1 aliphatic carbocycles. The van der Waals surface area contributed by atoms with Crippen LogP contribution in [0.25, 0.3) is 0 Å². The van der Waals surface area contributed by atoms with Crippen LogP contribution in [0.2, 0.25) is 0 Å². The third-order valence-electron chi connectivity index (χ3n) is 3.16. The molecule has 0 spiro atoms. The number of nitrogens with two attached hydrogens (primary N) is 1. The van der Waals surface area contributed by atoms with Crippen LogP contribution < -0.4 is 11.1 Å². The highest BCUT2D eigenvalue weighted by atomic mass is 16.5. The first-order valence-corrected chi connectivity index (χ1v) is 6.29. The molecule has 0 radical (unpaired) electrons. The number of rotatable bonds is 7. The molecular formula is C12H22N2O4. The van der Waals surface area contributed by atoms with Gasteiger partial charge in [-0.1, -0.05) is 0 Å². The molecule has 0 heterocycles. The Morgan fingerprint density at radius 2 is 1.89 bits per heavy atom. The topological polar surface area (TPSA) is 90.7 Å². The minimum absolute atomic E-state index is 0.0314. The lowest BCUT2D eigenvalue weighted by molar-refractivity contribution is -0.127. The average molecular weight is 258 g/mol. The lowest BCUT2D eigenvalue weighted by atomic mass is 9.85. The number of carbonyl (C=O) groups is 2. The minimum Gasteiger partial charge on any atom is -0.382 e. The monoisotopic (exact) mass is 258 g/mol. The first kappa shape index (κ1) is 14.9. The molecule has 6 heteroatoms. The molecule has 6 nitrogen and oxygen atoms in total. The molecule has 104 valence electrons. The predicted molar refractivity (Wildman–Crippen MR) is 65.8 cm³/mol. The third kappa shape index (κ3) is 5.46. The summed E-state index contributed by atoms with van der Waals surface area (Å²) in [4.78, 5) is 22.5. The molecule has 0 atom stereocenters. The number of methoxy groups -OCH3 is 1. The Balaban J connectivity index is 2.12. The Morgan fingerprint density at radius 1 is 1.22 bits per heavy atom. The van der Waals surface area contributed by atoms with Gasteiger partial charge in [-0.2, -0.15) is 0 Å². The van der Waals surface area contributed by atoms with Crippen molar-refractivity contribution >= 4 is 11.8 Å². The summed E-state index contributed by atoms with van der Waals surface area (Å²) in [6.07, 6.45) is 3.12. The number of ether oxygens (including phenoxy) is 2. The Labute approximate surface area is 107 Å². The number of hydrogen-bond acceptors (Lipinski definition) is 4. The van der Waals surface area contributed by atoms with E-state index in [0.717, 1.165) is 25.7 Å². The second-order valence-corrected chi connectivity index (χ2v) is 4.56. The van der Waals surface area contributed by atoms with Crippen LogP contribution in [0.4, 0.5) is 0 Å². The van der Waals surface area contributed by atoms with E-state index in [2.05, 4.69) is 5.32 Å². The summed E-state index contributed by atoms with van der Waals surface area (Å²) in [5.74, 6) is -0.382. The minimum atomic E-state index is -0.234. The van der Waals surface area contributed by atoms with Crippen LogP contribution in [0.1, 0.15) is 25.7 Å². The highest BCUT2D eigenvalue weighted by Crippen LogP contribution is 2.23. The van der Waals surface area contributed by atoms with Crippen LogP contribution >= 0.6 is 0 Å². The van der Waals surface area contributed by atoms with Crippen LogP contribution in [0.3, 0.4) is 0 Å². The quantitative estimate of drug-likeness (QED) is 0.619. The highest BCUT2D eigenvalue weighted by molar-refractivity contribution is 5.78. The highest BCUT2D eigenvalue weighted by Gasteiger charge is 2.25. The van der Waals surface area contributed by atoms with Crippen molar-refractivity contribution in [1.82, 2.24) is 5.32 Å². The second-order valence-electron chi connectivity index (χ2n) is 4.56. The molecule has 1 aliphatic rings. The van der Waals surface area contributed by atoms with E-state index >= 15 is 0 Å². The molecule has 0 aliphatic heterocycles. The molecule has 18 heavy (non-hydrogen) atoms. The van der Waals surface area contributed by atoms with Crippen molar-refractivity contribution in [1.29, 1.82) is 0 Å². The van der Waals surface area contributed by atoms with Gasteiger partial charge in [0.25, 0.3) is 0 Å². The molecule has 0 saturated heterocycles. The van der Waals surface area contributed by atoms with Gasteiger partial charge in [0.1, 0.15) is 6.61 Å². The maximum Gasteiger partial charge on any atom is 0.246 e. The maximum absolute atomic E-state index is 11.5. The standard InChI is InChI=1S/C12H22N2O4/c1-17-6-7-18-8-11(15)14-10-4-2-9(3-5-10)12(13)16/h9-10H,2-8H2,1H3,(H2,13,16)(H,14,15). The molecule has 1 fully saturated rings. The number of carbonyl (C=O) groups excluding carboxylic acids is 2. The van der Waals surface area contributed by atoms with E-state index in [0.29, 0.717) is 13.2 Å². The Morgan fingerprint density at radius 3 is 2.44 bits per heavy atom. The molecule has 0 aromatic rings. The van der Waals surface area contributed by atoms with Crippen LogP contribution in [-0.2, 0) is 19.1 Å². The normalized spacial score (nSPS) is 23.6. The van der Waals surface area contributed by atoms with Gasteiger partial charge < -0.3 is 20.5 Å². The van der Waals surface area contributed by atoms with Crippen molar-refractivity contribution in [3.05, 3.63) is 0 Å². The summed E-state index contributed by atoms with van der Waals surface area (Å²) in [5, 5.41) is 2.90. The average Bonchev–Trinajstić information content (AvgIpc) is 2.35.